The lowest BCUT2D eigenvalue weighted by Crippen LogP contribution is -2.50. The summed E-state index contributed by atoms with van der Waals surface area (Å²) in [7, 11) is 0. The van der Waals surface area contributed by atoms with Crippen molar-refractivity contribution in [1.82, 2.24) is 15.2 Å². The summed E-state index contributed by atoms with van der Waals surface area (Å²) in [5.74, 6) is 0.0101. The molecule has 1 saturated carbocycles. The van der Waals surface area contributed by atoms with Crippen LogP contribution in [0.5, 0.6) is 0 Å². The predicted octanol–water partition coefficient (Wildman–Crippen LogP) is 1.39. The number of thiocarbonyl (C=S) groups is 1. The number of carbonyl (C=O) groups is 1. The lowest BCUT2D eigenvalue weighted by atomic mass is 9.68. The van der Waals surface area contributed by atoms with Crippen LogP contribution >= 0.6 is 12.2 Å². The maximum Gasteiger partial charge on any atom is 0.249 e. The monoisotopic (exact) mass is 293 g/mol. The van der Waals surface area contributed by atoms with Crippen LogP contribution in [0.2, 0.25) is 0 Å². The van der Waals surface area contributed by atoms with Crippen molar-refractivity contribution in [1.29, 1.82) is 0 Å². The van der Waals surface area contributed by atoms with Crippen LogP contribution in [0, 0.1) is 5.41 Å². The summed E-state index contributed by atoms with van der Waals surface area (Å²) in [5.41, 5.74) is 6.69. The van der Waals surface area contributed by atoms with Gasteiger partial charge in [-0.25, -0.2) is 4.98 Å². The molecule has 7 heteroatoms. The molecule has 0 radical (unpaired) electrons. The highest BCUT2D eigenvalue weighted by Gasteiger charge is 2.47. The minimum Gasteiger partial charge on any atom is -0.392 e. The van der Waals surface area contributed by atoms with Gasteiger partial charge in [-0.1, -0.05) is 32.5 Å². The Hall–Kier alpha value is -1.63. The average molecular weight is 293 g/mol. The minimum atomic E-state index is -0.728. The second-order valence-electron chi connectivity index (χ2n) is 4.99. The molecule has 1 aliphatic carbocycles. The van der Waals surface area contributed by atoms with Crippen LogP contribution in [0.15, 0.2) is 0 Å². The number of carbonyl (C=O) groups excluding carboxylic acids is 1. The number of nitrogens with zero attached hydrogens (tertiary/aromatic N) is 3. The van der Waals surface area contributed by atoms with E-state index in [1.807, 2.05) is 13.8 Å². The molecule has 0 bridgehead atoms. The standard InChI is InChI=1S/C13H19N5OS/c1-3-8-9(4-2)17-18-12(15-8)16-11(19)13(10(14)20)6-5-7-13/h3-7H2,1-2H3,(H2,14,20)(H,15,16,18,19). The Morgan fingerprint density at radius 3 is 2.40 bits per heavy atom. The molecular weight excluding hydrogens is 274 g/mol. The van der Waals surface area contributed by atoms with E-state index in [-0.39, 0.29) is 16.8 Å². The molecule has 0 aromatic carbocycles. The molecule has 0 spiro atoms. The maximum absolute atomic E-state index is 12.3. The van der Waals surface area contributed by atoms with Crippen LogP contribution in [0.1, 0.15) is 44.5 Å². The molecule has 2 rings (SSSR count). The van der Waals surface area contributed by atoms with E-state index in [0.717, 1.165) is 30.7 Å². The molecular formula is C13H19N5OS. The van der Waals surface area contributed by atoms with Gasteiger partial charge in [-0.2, -0.15) is 0 Å². The Morgan fingerprint density at radius 1 is 1.30 bits per heavy atom. The molecule has 108 valence electrons. The molecule has 0 saturated heterocycles. The highest BCUT2D eigenvalue weighted by molar-refractivity contribution is 7.80. The molecule has 20 heavy (non-hydrogen) atoms. The van der Waals surface area contributed by atoms with Gasteiger partial charge in [-0.3, -0.25) is 10.1 Å². The van der Waals surface area contributed by atoms with Gasteiger partial charge in [0.05, 0.1) is 21.8 Å². The zero-order valence-electron chi connectivity index (χ0n) is 11.8. The average Bonchev–Trinajstić information content (AvgIpc) is 2.36. The van der Waals surface area contributed by atoms with E-state index in [1.165, 1.54) is 0 Å². The molecule has 0 atom stereocenters. The van der Waals surface area contributed by atoms with Crippen LogP contribution in [-0.2, 0) is 17.6 Å². The molecule has 1 aliphatic rings. The van der Waals surface area contributed by atoms with Crippen molar-refractivity contribution in [3.8, 4) is 0 Å². The summed E-state index contributed by atoms with van der Waals surface area (Å²) in [6, 6.07) is 0. The van der Waals surface area contributed by atoms with Gasteiger partial charge in [-0.15, -0.1) is 10.2 Å². The minimum absolute atomic E-state index is 0.218. The number of aromatic nitrogens is 3. The van der Waals surface area contributed by atoms with E-state index in [2.05, 4.69) is 20.5 Å². The highest BCUT2D eigenvalue weighted by Crippen LogP contribution is 2.42. The summed E-state index contributed by atoms with van der Waals surface area (Å²) < 4.78 is 0. The molecule has 3 N–H and O–H groups in total. The van der Waals surface area contributed by atoms with Crippen LogP contribution in [0.25, 0.3) is 0 Å². The molecule has 0 aliphatic heterocycles. The second-order valence-corrected chi connectivity index (χ2v) is 5.43. The molecule has 1 fully saturated rings. The van der Waals surface area contributed by atoms with Gasteiger partial charge in [0.15, 0.2) is 0 Å². The van der Waals surface area contributed by atoms with Crippen molar-refractivity contribution in [2.45, 2.75) is 46.0 Å². The van der Waals surface area contributed by atoms with Gasteiger partial charge in [0, 0.05) is 0 Å². The van der Waals surface area contributed by atoms with Crippen molar-refractivity contribution >= 4 is 29.1 Å². The van der Waals surface area contributed by atoms with Gasteiger partial charge < -0.3 is 5.73 Å². The first-order valence-corrected chi connectivity index (χ1v) is 7.28. The van der Waals surface area contributed by atoms with Gasteiger partial charge >= 0.3 is 0 Å². The van der Waals surface area contributed by atoms with Crippen molar-refractivity contribution in [3.63, 3.8) is 0 Å². The van der Waals surface area contributed by atoms with E-state index in [1.54, 1.807) is 0 Å². The number of rotatable bonds is 5. The van der Waals surface area contributed by atoms with E-state index < -0.39 is 5.41 Å². The molecule has 0 unspecified atom stereocenters. The Labute approximate surface area is 123 Å². The molecule has 1 heterocycles. The SMILES string of the molecule is CCc1nnc(NC(=O)C2(C(N)=S)CCC2)nc1CC. The molecule has 1 amide bonds. The fourth-order valence-corrected chi connectivity index (χ4v) is 2.62. The number of amides is 1. The van der Waals surface area contributed by atoms with E-state index in [4.69, 9.17) is 18.0 Å². The first kappa shape index (κ1) is 14.8. The van der Waals surface area contributed by atoms with Gasteiger partial charge in [0.25, 0.3) is 0 Å². The van der Waals surface area contributed by atoms with Crippen LogP contribution in [-0.4, -0.2) is 26.1 Å². The van der Waals surface area contributed by atoms with Gasteiger partial charge in [0.2, 0.25) is 11.9 Å². The number of nitrogens with two attached hydrogens (primary N) is 1. The first-order chi connectivity index (χ1) is 9.53. The van der Waals surface area contributed by atoms with E-state index in [9.17, 15) is 4.79 Å². The summed E-state index contributed by atoms with van der Waals surface area (Å²) in [6.07, 6.45) is 3.86. The Kier molecular flexibility index (Phi) is 4.27. The normalized spacial score (nSPS) is 16.3. The van der Waals surface area contributed by atoms with Crippen LogP contribution in [0.4, 0.5) is 5.95 Å². The number of hydrogen-bond donors (Lipinski definition) is 2. The first-order valence-electron chi connectivity index (χ1n) is 6.87. The Balaban J connectivity index is 2.18. The Bertz CT molecular complexity index is 542. The van der Waals surface area contributed by atoms with Crippen molar-refractivity contribution in [2.24, 2.45) is 11.1 Å². The van der Waals surface area contributed by atoms with E-state index >= 15 is 0 Å². The topological polar surface area (TPSA) is 93.8 Å². The van der Waals surface area contributed by atoms with Crippen molar-refractivity contribution in [2.75, 3.05) is 5.32 Å². The van der Waals surface area contributed by atoms with Crippen LogP contribution in [0.3, 0.4) is 0 Å². The maximum atomic E-state index is 12.3. The fourth-order valence-electron chi connectivity index (χ4n) is 2.33. The number of nitrogens with one attached hydrogen (secondary N) is 1. The van der Waals surface area contributed by atoms with Gasteiger partial charge in [0.1, 0.15) is 0 Å². The third-order valence-electron chi connectivity index (χ3n) is 3.85. The lowest BCUT2D eigenvalue weighted by molar-refractivity contribution is -0.125. The zero-order valence-corrected chi connectivity index (χ0v) is 12.6. The summed E-state index contributed by atoms with van der Waals surface area (Å²) >= 11 is 5.02. The number of hydrogen-bond acceptors (Lipinski definition) is 5. The quantitative estimate of drug-likeness (QED) is 0.797. The number of aryl methyl sites for hydroxylation is 2. The van der Waals surface area contributed by atoms with E-state index in [0.29, 0.717) is 12.8 Å². The number of anilines is 1. The predicted molar refractivity (Wildman–Crippen MR) is 80.3 cm³/mol. The third-order valence-corrected chi connectivity index (χ3v) is 4.24. The van der Waals surface area contributed by atoms with Crippen molar-refractivity contribution in [3.05, 3.63) is 11.4 Å². The summed E-state index contributed by atoms with van der Waals surface area (Å²) in [5, 5.41) is 10.8. The molecule has 6 nitrogen and oxygen atoms in total. The largest absolute Gasteiger partial charge is 0.392 e. The van der Waals surface area contributed by atoms with Crippen molar-refractivity contribution < 1.29 is 4.79 Å². The molecule has 1 aromatic rings. The lowest BCUT2D eigenvalue weighted by Gasteiger charge is -2.38. The zero-order chi connectivity index (χ0) is 14.8. The second kappa shape index (κ2) is 5.78. The highest BCUT2D eigenvalue weighted by atomic mass is 32.1. The smallest absolute Gasteiger partial charge is 0.249 e. The Morgan fingerprint density at radius 2 is 1.95 bits per heavy atom. The summed E-state index contributed by atoms with van der Waals surface area (Å²) in [6.45, 7) is 4.00. The third kappa shape index (κ3) is 2.49. The van der Waals surface area contributed by atoms with Crippen LogP contribution < -0.4 is 11.1 Å². The fraction of sp³-hybridized carbons (Fsp3) is 0.615. The molecule has 1 aromatic heterocycles. The van der Waals surface area contributed by atoms with Gasteiger partial charge in [-0.05, 0) is 25.7 Å². The summed E-state index contributed by atoms with van der Waals surface area (Å²) in [4.78, 5) is 16.9.